The van der Waals surface area contributed by atoms with Gasteiger partial charge in [0.25, 0.3) is 0 Å². The van der Waals surface area contributed by atoms with Crippen molar-refractivity contribution >= 4 is 6.08 Å². The number of aliphatic hydroxyl groups excluding tert-OH is 1. The van der Waals surface area contributed by atoms with Crippen molar-refractivity contribution in [3.8, 4) is 5.75 Å². The Morgan fingerprint density at radius 2 is 1.90 bits per heavy atom. The van der Waals surface area contributed by atoms with Crippen molar-refractivity contribution in [2.45, 2.75) is 20.0 Å². The summed E-state index contributed by atoms with van der Waals surface area (Å²) in [5.41, 5.74) is 3.10. The zero-order chi connectivity index (χ0) is 14.4. The standard InChI is InChI=1S/C18H20O2/c1-14-10-11-18(17(13-14)15(2)19)20-12-6-9-16-7-4-3-5-8-16/h3-11,13,15,19H,12H2,1-2H3/b9-6+. The molecule has 0 fully saturated rings. The Morgan fingerprint density at radius 3 is 2.60 bits per heavy atom. The molecule has 0 bridgehead atoms. The minimum Gasteiger partial charge on any atom is -0.489 e. The number of aliphatic hydroxyl groups is 1. The zero-order valence-corrected chi connectivity index (χ0v) is 11.9. The van der Waals surface area contributed by atoms with E-state index in [-0.39, 0.29) is 0 Å². The SMILES string of the molecule is Cc1ccc(OC/C=C/c2ccccc2)c(C(C)O)c1. The van der Waals surface area contributed by atoms with Crippen molar-refractivity contribution in [2.24, 2.45) is 0 Å². The van der Waals surface area contributed by atoms with E-state index in [1.165, 1.54) is 0 Å². The van der Waals surface area contributed by atoms with Gasteiger partial charge in [0.05, 0.1) is 6.10 Å². The third-order valence-corrected chi connectivity index (χ3v) is 3.06. The van der Waals surface area contributed by atoms with Crippen LogP contribution in [0.4, 0.5) is 0 Å². The van der Waals surface area contributed by atoms with E-state index >= 15 is 0 Å². The maximum atomic E-state index is 9.77. The first-order valence-electron chi connectivity index (χ1n) is 6.80. The lowest BCUT2D eigenvalue weighted by Crippen LogP contribution is -2.00. The van der Waals surface area contributed by atoms with E-state index in [2.05, 4.69) is 0 Å². The molecule has 0 aliphatic carbocycles. The number of ether oxygens (including phenoxy) is 1. The largest absolute Gasteiger partial charge is 0.489 e. The van der Waals surface area contributed by atoms with Crippen molar-refractivity contribution in [1.82, 2.24) is 0 Å². The molecule has 1 unspecified atom stereocenters. The zero-order valence-electron chi connectivity index (χ0n) is 11.9. The molecule has 0 aromatic heterocycles. The third kappa shape index (κ3) is 3.97. The smallest absolute Gasteiger partial charge is 0.125 e. The molecule has 0 saturated heterocycles. The van der Waals surface area contributed by atoms with E-state index in [1.54, 1.807) is 6.92 Å². The third-order valence-electron chi connectivity index (χ3n) is 3.06. The molecule has 1 N–H and O–H groups in total. The average molecular weight is 268 g/mol. The summed E-state index contributed by atoms with van der Waals surface area (Å²) in [5, 5.41) is 9.77. The van der Waals surface area contributed by atoms with Gasteiger partial charge in [-0.3, -0.25) is 0 Å². The van der Waals surface area contributed by atoms with Crippen LogP contribution in [0.15, 0.2) is 54.6 Å². The van der Waals surface area contributed by atoms with Crippen molar-refractivity contribution in [3.63, 3.8) is 0 Å². The summed E-state index contributed by atoms with van der Waals surface area (Å²) in [4.78, 5) is 0. The molecular weight excluding hydrogens is 248 g/mol. The average Bonchev–Trinajstić information content (AvgIpc) is 2.45. The number of hydrogen-bond donors (Lipinski definition) is 1. The first-order valence-corrected chi connectivity index (χ1v) is 6.80. The summed E-state index contributed by atoms with van der Waals surface area (Å²) in [6, 6.07) is 16.0. The second-order valence-electron chi connectivity index (χ2n) is 4.84. The summed E-state index contributed by atoms with van der Waals surface area (Å²) in [6.07, 6.45) is 3.47. The molecule has 0 spiro atoms. The molecule has 0 aliphatic rings. The fourth-order valence-corrected chi connectivity index (χ4v) is 2.01. The molecule has 2 aromatic rings. The van der Waals surface area contributed by atoms with Crippen LogP contribution in [0.25, 0.3) is 6.08 Å². The van der Waals surface area contributed by atoms with Crippen LogP contribution in [0.3, 0.4) is 0 Å². The normalized spacial score (nSPS) is 12.6. The van der Waals surface area contributed by atoms with E-state index in [1.807, 2.05) is 67.6 Å². The highest BCUT2D eigenvalue weighted by atomic mass is 16.5. The van der Waals surface area contributed by atoms with Gasteiger partial charge in [0.2, 0.25) is 0 Å². The molecule has 1 atom stereocenters. The molecule has 0 saturated carbocycles. The highest BCUT2D eigenvalue weighted by Crippen LogP contribution is 2.26. The van der Waals surface area contributed by atoms with Crippen molar-refractivity contribution < 1.29 is 9.84 Å². The number of rotatable bonds is 5. The number of aryl methyl sites for hydroxylation is 1. The number of benzene rings is 2. The molecule has 2 rings (SSSR count). The van der Waals surface area contributed by atoms with Crippen LogP contribution in [-0.4, -0.2) is 11.7 Å². The van der Waals surface area contributed by atoms with Gasteiger partial charge in [-0.2, -0.15) is 0 Å². The predicted octanol–water partition coefficient (Wildman–Crippen LogP) is 4.14. The van der Waals surface area contributed by atoms with Crippen LogP contribution in [0.1, 0.15) is 29.7 Å². The molecule has 0 aliphatic heterocycles. The van der Waals surface area contributed by atoms with Gasteiger partial charge in [-0.05, 0) is 37.6 Å². The van der Waals surface area contributed by atoms with Crippen molar-refractivity contribution in [3.05, 3.63) is 71.3 Å². The van der Waals surface area contributed by atoms with E-state index in [0.29, 0.717) is 6.61 Å². The summed E-state index contributed by atoms with van der Waals surface area (Å²) >= 11 is 0. The molecule has 0 radical (unpaired) electrons. The summed E-state index contributed by atoms with van der Waals surface area (Å²) in [5.74, 6) is 0.739. The Kier molecular flexibility index (Phi) is 4.97. The Hall–Kier alpha value is -2.06. The predicted molar refractivity (Wildman–Crippen MR) is 82.8 cm³/mol. The molecule has 2 aromatic carbocycles. The molecule has 104 valence electrons. The highest BCUT2D eigenvalue weighted by molar-refractivity contribution is 5.48. The maximum Gasteiger partial charge on any atom is 0.125 e. The van der Waals surface area contributed by atoms with Gasteiger partial charge in [-0.15, -0.1) is 0 Å². The molecule has 2 nitrogen and oxygen atoms in total. The van der Waals surface area contributed by atoms with Gasteiger partial charge in [0.15, 0.2) is 0 Å². The van der Waals surface area contributed by atoms with Gasteiger partial charge in [0.1, 0.15) is 12.4 Å². The summed E-state index contributed by atoms with van der Waals surface area (Å²) in [6.45, 7) is 4.24. The molecule has 2 heteroatoms. The lowest BCUT2D eigenvalue weighted by atomic mass is 10.1. The van der Waals surface area contributed by atoms with Crippen LogP contribution in [0.2, 0.25) is 0 Å². The molecule has 0 amide bonds. The monoisotopic (exact) mass is 268 g/mol. The fraction of sp³-hybridized carbons (Fsp3) is 0.222. The maximum absolute atomic E-state index is 9.77. The first-order chi connectivity index (χ1) is 9.66. The summed E-state index contributed by atoms with van der Waals surface area (Å²) < 4.78 is 5.73. The summed E-state index contributed by atoms with van der Waals surface area (Å²) in [7, 11) is 0. The van der Waals surface area contributed by atoms with E-state index in [9.17, 15) is 5.11 Å². The van der Waals surface area contributed by atoms with Gasteiger partial charge in [-0.1, -0.05) is 48.0 Å². The minimum absolute atomic E-state index is 0.484. The van der Waals surface area contributed by atoms with Crippen LogP contribution < -0.4 is 4.74 Å². The molecule has 20 heavy (non-hydrogen) atoms. The molecular formula is C18H20O2. The van der Waals surface area contributed by atoms with Crippen molar-refractivity contribution in [1.29, 1.82) is 0 Å². The topological polar surface area (TPSA) is 29.5 Å². The quantitative estimate of drug-likeness (QED) is 0.883. The van der Waals surface area contributed by atoms with Gasteiger partial charge >= 0.3 is 0 Å². The van der Waals surface area contributed by atoms with Crippen molar-refractivity contribution in [2.75, 3.05) is 6.61 Å². The second-order valence-corrected chi connectivity index (χ2v) is 4.84. The van der Waals surface area contributed by atoms with Crippen LogP contribution >= 0.6 is 0 Å². The fourth-order valence-electron chi connectivity index (χ4n) is 2.01. The second kappa shape index (κ2) is 6.92. The Bertz CT molecular complexity index is 571. The Balaban J connectivity index is 1.99. The Morgan fingerprint density at radius 1 is 1.15 bits per heavy atom. The highest BCUT2D eigenvalue weighted by Gasteiger charge is 2.08. The van der Waals surface area contributed by atoms with E-state index in [4.69, 9.17) is 4.74 Å². The van der Waals surface area contributed by atoms with Crippen LogP contribution in [0, 0.1) is 6.92 Å². The van der Waals surface area contributed by atoms with E-state index in [0.717, 1.165) is 22.4 Å². The van der Waals surface area contributed by atoms with Gasteiger partial charge in [-0.25, -0.2) is 0 Å². The van der Waals surface area contributed by atoms with Crippen LogP contribution in [0.5, 0.6) is 5.75 Å². The van der Waals surface area contributed by atoms with E-state index < -0.39 is 6.10 Å². The minimum atomic E-state index is -0.525. The first kappa shape index (κ1) is 14.4. The molecule has 0 heterocycles. The van der Waals surface area contributed by atoms with Gasteiger partial charge < -0.3 is 9.84 Å². The lowest BCUT2D eigenvalue weighted by molar-refractivity contribution is 0.193. The van der Waals surface area contributed by atoms with Crippen LogP contribution in [-0.2, 0) is 0 Å². The number of hydrogen-bond acceptors (Lipinski definition) is 2. The Labute approximate surface area is 120 Å². The van der Waals surface area contributed by atoms with Gasteiger partial charge in [0, 0.05) is 5.56 Å². The lowest BCUT2D eigenvalue weighted by Gasteiger charge is -2.13.